The Morgan fingerprint density at radius 1 is 1.17 bits per heavy atom. The van der Waals surface area contributed by atoms with E-state index in [1.807, 2.05) is 4.90 Å². The molecule has 1 amide bonds. The summed E-state index contributed by atoms with van der Waals surface area (Å²) in [6.45, 7) is 12.0. The minimum atomic E-state index is 0. The van der Waals surface area contributed by atoms with E-state index in [0.717, 1.165) is 19.6 Å². The molecule has 0 spiro atoms. The van der Waals surface area contributed by atoms with Crippen molar-refractivity contribution in [1.82, 2.24) is 10.2 Å². The number of ether oxygens (including phenoxy) is 1. The van der Waals surface area contributed by atoms with Crippen molar-refractivity contribution in [3.63, 3.8) is 0 Å². The number of rotatable bonds is 9. The normalized spacial score (nSPS) is 10.6. The highest BCUT2D eigenvalue weighted by Crippen LogP contribution is 2.03. The molecule has 0 radical (unpaired) electrons. The van der Waals surface area contributed by atoms with E-state index in [2.05, 4.69) is 33.0 Å². The molecule has 0 heterocycles. The second-order valence-corrected chi connectivity index (χ2v) is 5.26. The van der Waals surface area contributed by atoms with Gasteiger partial charge in [0.15, 0.2) is 0 Å². The molecule has 0 atom stereocenters. The molecular weight excluding hydrogens is 252 g/mol. The van der Waals surface area contributed by atoms with Crippen LogP contribution in [0.2, 0.25) is 0 Å². The van der Waals surface area contributed by atoms with Gasteiger partial charge >= 0.3 is 0 Å². The summed E-state index contributed by atoms with van der Waals surface area (Å²) in [5.74, 6) is 1.21. The number of carbonyl (C=O) groups is 1. The molecule has 110 valence electrons. The molecule has 0 rings (SSSR count). The van der Waals surface area contributed by atoms with Crippen LogP contribution in [0.4, 0.5) is 0 Å². The average molecular weight is 281 g/mol. The fourth-order valence-corrected chi connectivity index (χ4v) is 1.64. The molecule has 5 heteroatoms. The highest BCUT2D eigenvalue weighted by molar-refractivity contribution is 5.85. The van der Waals surface area contributed by atoms with Crippen LogP contribution in [0.5, 0.6) is 0 Å². The number of nitrogens with zero attached hydrogens (tertiary/aromatic N) is 1. The first-order chi connectivity index (χ1) is 7.97. The molecule has 18 heavy (non-hydrogen) atoms. The van der Waals surface area contributed by atoms with Gasteiger partial charge in [0, 0.05) is 26.7 Å². The first-order valence-electron chi connectivity index (χ1n) is 6.44. The third kappa shape index (κ3) is 10.8. The van der Waals surface area contributed by atoms with E-state index < -0.39 is 0 Å². The lowest BCUT2D eigenvalue weighted by molar-refractivity contribution is -0.131. The van der Waals surface area contributed by atoms with Crippen LogP contribution in [0, 0.1) is 11.8 Å². The van der Waals surface area contributed by atoms with Crippen LogP contribution in [0.1, 0.15) is 27.7 Å². The van der Waals surface area contributed by atoms with Gasteiger partial charge in [0.1, 0.15) is 0 Å². The maximum Gasteiger partial charge on any atom is 0.236 e. The van der Waals surface area contributed by atoms with Crippen molar-refractivity contribution in [3.05, 3.63) is 0 Å². The van der Waals surface area contributed by atoms with Gasteiger partial charge in [0.25, 0.3) is 0 Å². The van der Waals surface area contributed by atoms with E-state index in [1.165, 1.54) is 0 Å². The average Bonchev–Trinajstić information content (AvgIpc) is 2.22. The standard InChI is InChI=1S/C13H28N2O2.ClH/c1-11(2)9-15(10-12(3)4)13(16)8-14-6-7-17-5;/h11-12,14H,6-10H2,1-5H3;1H. The summed E-state index contributed by atoms with van der Waals surface area (Å²) >= 11 is 0. The van der Waals surface area contributed by atoms with Crippen molar-refractivity contribution in [2.45, 2.75) is 27.7 Å². The van der Waals surface area contributed by atoms with Crippen LogP contribution < -0.4 is 5.32 Å². The molecule has 0 aromatic heterocycles. The lowest BCUT2D eigenvalue weighted by Crippen LogP contribution is -2.42. The van der Waals surface area contributed by atoms with Gasteiger partial charge in [-0.1, -0.05) is 27.7 Å². The van der Waals surface area contributed by atoms with E-state index in [-0.39, 0.29) is 18.3 Å². The SMILES string of the molecule is COCCNCC(=O)N(CC(C)C)CC(C)C.Cl. The Hall–Kier alpha value is -0.320. The van der Waals surface area contributed by atoms with Crippen molar-refractivity contribution in [1.29, 1.82) is 0 Å². The molecule has 0 saturated carbocycles. The first-order valence-corrected chi connectivity index (χ1v) is 6.44. The third-order valence-electron chi connectivity index (χ3n) is 2.28. The topological polar surface area (TPSA) is 41.6 Å². The van der Waals surface area contributed by atoms with Crippen LogP contribution in [0.15, 0.2) is 0 Å². The first kappa shape index (κ1) is 20.0. The molecule has 0 aliphatic rings. The van der Waals surface area contributed by atoms with Crippen molar-refractivity contribution in [2.75, 3.05) is 39.9 Å². The zero-order valence-electron chi connectivity index (χ0n) is 12.4. The van der Waals surface area contributed by atoms with E-state index in [4.69, 9.17) is 4.74 Å². The number of carbonyl (C=O) groups excluding carboxylic acids is 1. The van der Waals surface area contributed by atoms with E-state index in [1.54, 1.807) is 7.11 Å². The molecule has 0 aliphatic carbocycles. The van der Waals surface area contributed by atoms with Crippen molar-refractivity contribution in [2.24, 2.45) is 11.8 Å². The van der Waals surface area contributed by atoms with Crippen LogP contribution in [0.3, 0.4) is 0 Å². The number of methoxy groups -OCH3 is 1. The number of hydrogen-bond acceptors (Lipinski definition) is 3. The molecule has 0 bridgehead atoms. The minimum absolute atomic E-state index is 0. The maximum atomic E-state index is 12.0. The van der Waals surface area contributed by atoms with Gasteiger partial charge in [0.05, 0.1) is 13.2 Å². The number of halogens is 1. The van der Waals surface area contributed by atoms with E-state index in [9.17, 15) is 4.79 Å². The molecule has 0 unspecified atom stereocenters. The quantitative estimate of drug-likeness (QED) is 0.655. The van der Waals surface area contributed by atoms with Crippen LogP contribution in [0.25, 0.3) is 0 Å². The fourth-order valence-electron chi connectivity index (χ4n) is 1.64. The van der Waals surface area contributed by atoms with Gasteiger partial charge in [-0.05, 0) is 11.8 Å². The zero-order valence-corrected chi connectivity index (χ0v) is 13.2. The number of amides is 1. The minimum Gasteiger partial charge on any atom is -0.383 e. The highest BCUT2D eigenvalue weighted by atomic mass is 35.5. The Morgan fingerprint density at radius 3 is 2.06 bits per heavy atom. The molecule has 0 aromatic carbocycles. The Balaban J connectivity index is 0. The summed E-state index contributed by atoms with van der Waals surface area (Å²) in [7, 11) is 1.66. The largest absolute Gasteiger partial charge is 0.383 e. The maximum absolute atomic E-state index is 12.0. The second-order valence-electron chi connectivity index (χ2n) is 5.26. The van der Waals surface area contributed by atoms with Crippen molar-refractivity contribution >= 4 is 18.3 Å². The Labute approximate surface area is 118 Å². The predicted molar refractivity (Wildman–Crippen MR) is 78.2 cm³/mol. The van der Waals surface area contributed by atoms with Gasteiger partial charge in [-0.2, -0.15) is 0 Å². The Bertz CT molecular complexity index is 201. The number of hydrogen-bond donors (Lipinski definition) is 1. The third-order valence-corrected chi connectivity index (χ3v) is 2.28. The van der Waals surface area contributed by atoms with Crippen LogP contribution in [-0.4, -0.2) is 50.7 Å². The Morgan fingerprint density at radius 2 is 1.67 bits per heavy atom. The fraction of sp³-hybridized carbons (Fsp3) is 0.923. The lowest BCUT2D eigenvalue weighted by atomic mass is 10.1. The van der Waals surface area contributed by atoms with Gasteiger partial charge in [0.2, 0.25) is 5.91 Å². The monoisotopic (exact) mass is 280 g/mol. The summed E-state index contributed by atoms with van der Waals surface area (Å²) in [4.78, 5) is 14.0. The molecule has 0 aliphatic heterocycles. The van der Waals surface area contributed by atoms with E-state index in [0.29, 0.717) is 25.0 Å². The number of nitrogens with one attached hydrogen (secondary N) is 1. The smallest absolute Gasteiger partial charge is 0.236 e. The lowest BCUT2D eigenvalue weighted by Gasteiger charge is -2.26. The zero-order chi connectivity index (χ0) is 13.3. The summed E-state index contributed by atoms with van der Waals surface area (Å²) in [6, 6.07) is 0. The van der Waals surface area contributed by atoms with Gasteiger partial charge < -0.3 is 15.0 Å². The molecule has 1 N–H and O–H groups in total. The van der Waals surface area contributed by atoms with Crippen molar-refractivity contribution < 1.29 is 9.53 Å². The highest BCUT2D eigenvalue weighted by Gasteiger charge is 2.15. The molecule has 0 fully saturated rings. The van der Waals surface area contributed by atoms with Crippen LogP contribution >= 0.6 is 12.4 Å². The second kappa shape index (κ2) is 11.8. The summed E-state index contributed by atoms with van der Waals surface area (Å²) in [6.07, 6.45) is 0. The van der Waals surface area contributed by atoms with E-state index >= 15 is 0 Å². The van der Waals surface area contributed by atoms with Gasteiger partial charge in [-0.15, -0.1) is 12.4 Å². The predicted octanol–water partition coefficient (Wildman–Crippen LogP) is 1.78. The summed E-state index contributed by atoms with van der Waals surface area (Å²) < 4.78 is 4.93. The Kier molecular flexibility index (Phi) is 13.1. The summed E-state index contributed by atoms with van der Waals surface area (Å²) in [5.41, 5.74) is 0. The molecule has 0 saturated heterocycles. The van der Waals surface area contributed by atoms with Crippen molar-refractivity contribution in [3.8, 4) is 0 Å². The van der Waals surface area contributed by atoms with Gasteiger partial charge in [-0.25, -0.2) is 0 Å². The van der Waals surface area contributed by atoms with Gasteiger partial charge in [-0.3, -0.25) is 4.79 Å². The molecule has 4 nitrogen and oxygen atoms in total. The summed E-state index contributed by atoms with van der Waals surface area (Å²) in [5, 5.41) is 3.10. The van der Waals surface area contributed by atoms with Crippen LogP contribution in [-0.2, 0) is 9.53 Å². The molecule has 0 aromatic rings. The molecular formula is C13H29ClN2O2.